The molecule has 0 spiro atoms. The number of benzene rings is 4. The van der Waals surface area contributed by atoms with Crippen LogP contribution in [0.5, 0.6) is 5.75 Å². The second-order valence-corrected chi connectivity index (χ2v) is 10.0. The molecule has 176 valence electrons. The Morgan fingerprint density at radius 2 is 1.49 bits per heavy atom. The zero-order valence-electron chi connectivity index (χ0n) is 19.0. The lowest BCUT2D eigenvalue weighted by Crippen LogP contribution is -2.31. The molecule has 0 N–H and O–H groups in total. The van der Waals surface area contributed by atoms with Crippen molar-refractivity contribution in [3.63, 3.8) is 0 Å². The van der Waals surface area contributed by atoms with Gasteiger partial charge in [-0.15, -0.1) is 0 Å². The summed E-state index contributed by atoms with van der Waals surface area (Å²) >= 11 is 0. The number of aldehydes is 1. The smallest absolute Gasteiger partial charge is 0.264 e. The molecular weight excluding hydrogens is 462 g/mol. The molecule has 7 heteroatoms. The third-order valence-electron chi connectivity index (χ3n) is 5.92. The lowest BCUT2D eigenvalue weighted by molar-refractivity contribution is 0.112. The molecule has 0 saturated heterocycles. The van der Waals surface area contributed by atoms with Crippen LogP contribution in [0.3, 0.4) is 0 Å². The standard InChI is InChI=1S/C28H23NO5S/c1-29-27(25-18-20(19-30)17-21-9-5-6-12-23(21)25)28(24-13-7-8-14-26(24)35(29,31)32)34-16-15-33-22-10-3-2-4-11-22/h2-14,17-19H,15-16H2,1H3. The third-order valence-corrected chi connectivity index (χ3v) is 7.73. The van der Waals surface area contributed by atoms with Crippen LogP contribution in [0.15, 0.2) is 95.9 Å². The van der Waals surface area contributed by atoms with E-state index in [4.69, 9.17) is 9.47 Å². The molecule has 0 bridgehead atoms. The zero-order chi connectivity index (χ0) is 24.4. The van der Waals surface area contributed by atoms with E-state index in [1.165, 1.54) is 11.4 Å². The van der Waals surface area contributed by atoms with Crippen LogP contribution in [0.1, 0.15) is 21.5 Å². The maximum atomic E-state index is 13.5. The summed E-state index contributed by atoms with van der Waals surface area (Å²) in [4.78, 5) is 11.9. The number of sulfonamides is 1. The Hall–Kier alpha value is -4.10. The van der Waals surface area contributed by atoms with Gasteiger partial charge in [0.15, 0.2) is 5.76 Å². The van der Waals surface area contributed by atoms with Gasteiger partial charge >= 0.3 is 0 Å². The van der Waals surface area contributed by atoms with Gasteiger partial charge in [0.2, 0.25) is 0 Å². The van der Waals surface area contributed by atoms with Crippen LogP contribution in [0.4, 0.5) is 0 Å². The molecular formula is C28H23NO5S. The summed E-state index contributed by atoms with van der Waals surface area (Å²) in [6.07, 6.45) is 0.760. The number of hydrogen-bond donors (Lipinski definition) is 0. The fourth-order valence-corrected chi connectivity index (χ4v) is 5.68. The molecule has 0 atom stereocenters. The second-order valence-electron chi connectivity index (χ2n) is 8.06. The molecule has 0 unspecified atom stereocenters. The van der Waals surface area contributed by atoms with Gasteiger partial charge in [-0.1, -0.05) is 54.6 Å². The van der Waals surface area contributed by atoms with Gasteiger partial charge in [0.25, 0.3) is 10.0 Å². The lowest BCUT2D eigenvalue weighted by Gasteiger charge is -2.32. The highest BCUT2D eigenvalue weighted by Crippen LogP contribution is 2.42. The predicted octanol–water partition coefficient (Wildman–Crippen LogP) is 5.21. The molecule has 1 aliphatic rings. The molecule has 1 heterocycles. The molecule has 0 aliphatic carbocycles. The normalized spacial score (nSPS) is 14.5. The number of carbonyl (C=O) groups excluding carboxylic acids is 1. The minimum atomic E-state index is -3.84. The van der Waals surface area contributed by atoms with E-state index in [-0.39, 0.29) is 18.1 Å². The molecule has 4 aromatic rings. The molecule has 0 saturated carbocycles. The number of carbonyl (C=O) groups is 1. The topological polar surface area (TPSA) is 72.9 Å². The lowest BCUT2D eigenvalue weighted by atomic mass is 9.97. The first-order valence-corrected chi connectivity index (χ1v) is 12.6. The van der Waals surface area contributed by atoms with Gasteiger partial charge in [0.1, 0.15) is 30.9 Å². The molecule has 0 aromatic heterocycles. The quantitative estimate of drug-likeness (QED) is 0.266. The van der Waals surface area contributed by atoms with E-state index in [0.29, 0.717) is 28.1 Å². The summed E-state index contributed by atoms with van der Waals surface area (Å²) in [7, 11) is -2.33. The Balaban J connectivity index is 1.66. The second kappa shape index (κ2) is 9.27. The van der Waals surface area contributed by atoms with Crippen LogP contribution in [0, 0.1) is 0 Å². The van der Waals surface area contributed by atoms with Crippen LogP contribution < -0.4 is 4.74 Å². The monoisotopic (exact) mass is 485 g/mol. The summed E-state index contributed by atoms with van der Waals surface area (Å²) in [5, 5.41) is 1.65. The zero-order valence-corrected chi connectivity index (χ0v) is 19.9. The summed E-state index contributed by atoms with van der Waals surface area (Å²) in [5.41, 5.74) is 1.90. The van der Waals surface area contributed by atoms with Gasteiger partial charge in [0.05, 0.1) is 4.90 Å². The molecule has 0 radical (unpaired) electrons. The summed E-state index contributed by atoms with van der Waals surface area (Å²) in [6.45, 7) is 0.468. The highest BCUT2D eigenvalue weighted by atomic mass is 32.2. The fourth-order valence-electron chi connectivity index (χ4n) is 4.27. The van der Waals surface area contributed by atoms with Gasteiger partial charge in [-0.05, 0) is 47.2 Å². The van der Waals surface area contributed by atoms with Crippen LogP contribution in [-0.2, 0) is 14.8 Å². The van der Waals surface area contributed by atoms with Gasteiger partial charge in [0, 0.05) is 23.7 Å². The molecule has 1 aliphatic heterocycles. The molecule has 35 heavy (non-hydrogen) atoms. The number of para-hydroxylation sites is 1. The Labute approximate surface area is 204 Å². The van der Waals surface area contributed by atoms with Crippen molar-refractivity contribution in [3.05, 3.63) is 108 Å². The highest BCUT2D eigenvalue weighted by molar-refractivity contribution is 7.89. The van der Waals surface area contributed by atoms with Crippen molar-refractivity contribution in [2.45, 2.75) is 4.90 Å². The maximum Gasteiger partial charge on any atom is 0.264 e. The summed E-state index contributed by atoms with van der Waals surface area (Å²) in [6, 6.07) is 27.2. The first kappa shape index (κ1) is 22.7. The predicted molar refractivity (Wildman–Crippen MR) is 135 cm³/mol. The van der Waals surface area contributed by atoms with Crippen molar-refractivity contribution >= 4 is 38.5 Å². The van der Waals surface area contributed by atoms with E-state index in [1.807, 2.05) is 54.6 Å². The largest absolute Gasteiger partial charge is 0.490 e. The van der Waals surface area contributed by atoms with Gasteiger partial charge in [-0.3, -0.25) is 9.10 Å². The Kier molecular flexibility index (Phi) is 6.01. The van der Waals surface area contributed by atoms with E-state index in [9.17, 15) is 13.2 Å². The fraction of sp³-hybridized carbons (Fsp3) is 0.107. The first-order chi connectivity index (χ1) is 17.0. The highest BCUT2D eigenvalue weighted by Gasteiger charge is 2.36. The van der Waals surface area contributed by atoms with Crippen molar-refractivity contribution < 1.29 is 22.7 Å². The Morgan fingerprint density at radius 1 is 0.800 bits per heavy atom. The van der Waals surface area contributed by atoms with Gasteiger partial charge < -0.3 is 9.47 Å². The minimum Gasteiger partial charge on any atom is -0.490 e. The van der Waals surface area contributed by atoms with Crippen molar-refractivity contribution in [3.8, 4) is 5.75 Å². The first-order valence-electron chi connectivity index (χ1n) is 11.1. The summed E-state index contributed by atoms with van der Waals surface area (Å²) < 4.78 is 40.2. The van der Waals surface area contributed by atoms with E-state index < -0.39 is 10.0 Å². The number of fused-ring (bicyclic) bond motifs is 2. The van der Waals surface area contributed by atoms with Crippen molar-refractivity contribution in [2.75, 3.05) is 20.3 Å². The van der Waals surface area contributed by atoms with E-state index in [2.05, 4.69) is 0 Å². The molecule has 4 aromatic carbocycles. The Bertz CT molecular complexity index is 1540. The van der Waals surface area contributed by atoms with E-state index in [0.717, 1.165) is 22.8 Å². The number of ether oxygens (including phenoxy) is 2. The van der Waals surface area contributed by atoms with Crippen molar-refractivity contribution in [1.29, 1.82) is 0 Å². The number of nitrogens with zero attached hydrogens (tertiary/aromatic N) is 1. The SMILES string of the molecule is CN1C(c2cc(C=O)cc3ccccc23)=C(OCCOc2ccccc2)c2ccccc2S1(=O)=O. The van der Waals surface area contributed by atoms with Crippen LogP contribution in [0.2, 0.25) is 0 Å². The van der Waals surface area contributed by atoms with Crippen molar-refractivity contribution in [1.82, 2.24) is 4.31 Å². The van der Waals surface area contributed by atoms with Gasteiger partial charge in [-0.25, -0.2) is 8.42 Å². The average Bonchev–Trinajstić information content (AvgIpc) is 2.89. The number of rotatable bonds is 7. The maximum absolute atomic E-state index is 13.5. The number of hydrogen-bond acceptors (Lipinski definition) is 5. The minimum absolute atomic E-state index is 0.168. The van der Waals surface area contributed by atoms with Crippen LogP contribution in [-0.4, -0.2) is 39.3 Å². The van der Waals surface area contributed by atoms with E-state index in [1.54, 1.807) is 36.4 Å². The van der Waals surface area contributed by atoms with Crippen LogP contribution >= 0.6 is 0 Å². The van der Waals surface area contributed by atoms with E-state index >= 15 is 0 Å². The van der Waals surface area contributed by atoms with Crippen molar-refractivity contribution in [2.24, 2.45) is 0 Å². The molecule has 6 nitrogen and oxygen atoms in total. The average molecular weight is 486 g/mol. The van der Waals surface area contributed by atoms with Gasteiger partial charge in [-0.2, -0.15) is 0 Å². The third kappa shape index (κ3) is 4.15. The van der Waals surface area contributed by atoms with Crippen LogP contribution in [0.25, 0.3) is 22.2 Å². The Morgan fingerprint density at radius 3 is 2.29 bits per heavy atom. The summed E-state index contributed by atoms with van der Waals surface area (Å²) in [5.74, 6) is 1.14. The molecule has 0 fully saturated rings. The molecule has 0 amide bonds. The molecule has 5 rings (SSSR count).